The van der Waals surface area contributed by atoms with Crippen molar-refractivity contribution in [3.8, 4) is 0 Å². The van der Waals surface area contributed by atoms with E-state index in [2.05, 4.69) is 27.3 Å². The quantitative estimate of drug-likeness (QED) is 0.736. The lowest BCUT2D eigenvalue weighted by Gasteiger charge is -2.23. The summed E-state index contributed by atoms with van der Waals surface area (Å²) >= 11 is 0. The Morgan fingerprint density at radius 3 is 2.38 bits per heavy atom. The van der Waals surface area contributed by atoms with Crippen LogP contribution in [0.3, 0.4) is 0 Å². The fourth-order valence-electron chi connectivity index (χ4n) is 2.97. The highest BCUT2D eigenvalue weighted by Crippen LogP contribution is 2.26. The number of aryl methyl sites for hydroxylation is 2. The molecule has 3 rings (SSSR count). The number of pyridine rings is 1. The molecule has 4 heteroatoms. The molecule has 0 aliphatic carbocycles. The summed E-state index contributed by atoms with van der Waals surface area (Å²) in [5, 5.41) is 3.03. The summed E-state index contributed by atoms with van der Waals surface area (Å²) in [5.74, 6) is -0.143. The van der Waals surface area contributed by atoms with Crippen molar-refractivity contribution in [2.75, 3.05) is 17.3 Å². The van der Waals surface area contributed by atoms with Gasteiger partial charge in [-0.3, -0.25) is 9.78 Å². The lowest BCUT2D eigenvalue weighted by Crippen LogP contribution is -2.20. The molecule has 1 heterocycles. The number of nitrogens with one attached hydrogen (secondary N) is 1. The molecule has 0 unspecified atom stereocenters. The van der Waals surface area contributed by atoms with E-state index in [0.29, 0.717) is 5.56 Å². The minimum atomic E-state index is -0.143. The molecule has 0 saturated carbocycles. The molecule has 1 aromatic heterocycles. The van der Waals surface area contributed by atoms with E-state index >= 15 is 0 Å². The van der Waals surface area contributed by atoms with Gasteiger partial charge in [0, 0.05) is 19.3 Å². The minimum absolute atomic E-state index is 0.143. The maximum Gasteiger partial charge on any atom is 0.257 e. The van der Waals surface area contributed by atoms with E-state index in [1.54, 1.807) is 0 Å². The van der Waals surface area contributed by atoms with Crippen molar-refractivity contribution >= 4 is 17.3 Å². The average Bonchev–Trinajstić information content (AvgIpc) is 2.62. The zero-order valence-corrected chi connectivity index (χ0v) is 15.4. The fourth-order valence-corrected chi connectivity index (χ4v) is 2.97. The Morgan fingerprint density at radius 1 is 0.962 bits per heavy atom. The van der Waals surface area contributed by atoms with Gasteiger partial charge in [0.2, 0.25) is 0 Å². The van der Waals surface area contributed by atoms with E-state index in [4.69, 9.17) is 0 Å². The number of benzene rings is 2. The van der Waals surface area contributed by atoms with Crippen molar-refractivity contribution in [2.45, 2.75) is 20.4 Å². The number of anilines is 2. The molecule has 3 aromatic rings. The first kappa shape index (κ1) is 17.7. The van der Waals surface area contributed by atoms with Gasteiger partial charge in [0.05, 0.1) is 22.6 Å². The first-order chi connectivity index (χ1) is 12.5. The molecule has 132 valence electrons. The van der Waals surface area contributed by atoms with Gasteiger partial charge in [-0.1, -0.05) is 42.5 Å². The third kappa shape index (κ3) is 4.09. The van der Waals surface area contributed by atoms with Crippen LogP contribution in [0.25, 0.3) is 0 Å². The van der Waals surface area contributed by atoms with E-state index in [1.807, 2.05) is 75.5 Å². The normalized spacial score (nSPS) is 10.4. The Kier molecular flexibility index (Phi) is 5.32. The predicted octanol–water partition coefficient (Wildman–Crippen LogP) is 4.59. The summed E-state index contributed by atoms with van der Waals surface area (Å²) < 4.78 is 0. The molecule has 26 heavy (non-hydrogen) atoms. The number of carbonyl (C=O) groups is 1. The smallest absolute Gasteiger partial charge is 0.257 e. The van der Waals surface area contributed by atoms with Crippen LogP contribution in [0, 0.1) is 13.8 Å². The maximum absolute atomic E-state index is 12.7. The lowest BCUT2D eigenvalue weighted by molar-refractivity contribution is 0.102. The van der Waals surface area contributed by atoms with E-state index in [-0.39, 0.29) is 5.91 Å². The van der Waals surface area contributed by atoms with Crippen LogP contribution in [0.2, 0.25) is 0 Å². The topological polar surface area (TPSA) is 45.2 Å². The van der Waals surface area contributed by atoms with E-state index in [0.717, 1.165) is 29.3 Å². The van der Waals surface area contributed by atoms with Crippen molar-refractivity contribution in [3.63, 3.8) is 0 Å². The highest BCUT2D eigenvalue weighted by atomic mass is 16.1. The van der Waals surface area contributed by atoms with Crippen molar-refractivity contribution in [2.24, 2.45) is 0 Å². The Hall–Kier alpha value is -3.14. The van der Waals surface area contributed by atoms with Gasteiger partial charge in [-0.2, -0.15) is 0 Å². The second kappa shape index (κ2) is 7.83. The molecule has 0 spiro atoms. The molecule has 2 aromatic carbocycles. The van der Waals surface area contributed by atoms with E-state index < -0.39 is 0 Å². The summed E-state index contributed by atoms with van der Waals surface area (Å²) in [6, 6.07) is 21.8. The van der Waals surface area contributed by atoms with Gasteiger partial charge in [0.1, 0.15) is 0 Å². The number of nitrogens with zero attached hydrogens (tertiary/aromatic N) is 2. The number of carbonyl (C=O) groups excluding carboxylic acids is 1. The van der Waals surface area contributed by atoms with Crippen LogP contribution in [0.5, 0.6) is 0 Å². The molecule has 1 amide bonds. The van der Waals surface area contributed by atoms with Gasteiger partial charge in [-0.15, -0.1) is 0 Å². The van der Waals surface area contributed by atoms with E-state index in [9.17, 15) is 4.79 Å². The number of aromatic nitrogens is 1. The van der Waals surface area contributed by atoms with Crippen molar-refractivity contribution in [1.82, 2.24) is 4.98 Å². The number of hydrogen-bond donors (Lipinski definition) is 1. The standard InChI is InChI=1S/C22H23N3O/c1-16-13-14-19(17(2)23-16)22(26)24-20-11-7-8-12-21(20)25(3)15-18-9-5-4-6-10-18/h4-14H,15H2,1-3H3,(H,24,26). The molecular weight excluding hydrogens is 322 g/mol. The van der Waals surface area contributed by atoms with Gasteiger partial charge in [0.25, 0.3) is 5.91 Å². The molecule has 0 bridgehead atoms. The van der Waals surface area contributed by atoms with Crippen LogP contribution >= 0.6 is 0 Å². The number of para-hydroxylation sites is 2. The van der Waals surface area contributed by atoms with Crippen LogP contribution < -0.4 is 10.2 Å². The van der Waals surface area contributed by atoms with Crippen LogP contribution in [0.4, 0.5) is 11.4 Å². The summed E-state index contributed by atoms with van der Waals surface area (Å²) in [5.41, 5.74) is 5.21. The highest BCUT2D eigenvalue weighted by Gasteiger charge is 2.14. The average molecular weight is 345 g/mol. The number of amides is 1. The number of hydrogen-bond acceptors (Lipinski definition) is 3. The van der Waals surface area contributed by atoms with Crippen LogP contribution in [-0.4, -0.2) is 17.9 Å². The second-order valence-corrected chi connectivity index (χ2v) is 6.40. The van der Waals surface area contributed by atoms with Crippen molar-refractivity contribution in [1.29, 1.82) is 0 Å². The minimum Gasteiger partial charge on any atom is -0.369 e. The second-order valence-electron chi connectivity index (χ2n) is 6.40. The third-order valence-electron chi connectivity index (χ3n) is 4.30. The zero-order valence-electron chi connectivity index (χ0n) is 15.4. The molecule has 0 aliphatic heterocycles. The van der Waals surface area contributed by atoms with Gasteiger partial charge < -0.3 is 10.2 Å². The highest BCUT2D eigenvalue weighted by molar-refractivity contribution is 6.06. The first-order valence-electron chi connectivity index (χ1n) is 8.64. The lowest BCUT2D eigenvalue weighted by atomic mass is 10.1. The van der Waals surface area contributed by atoms with Crippen LogP contribution in [0.15, 0.2) is 66.7 Å². The molecule has 0 aliphatic rings. The Labute approximate surface area is 154 Å². The summed E-state index contributed by atoms with van der Waals surface area (Å²) in [6.07, 6.45) is 0. The molecule has 0 fully saturated rings. The van der Waals surface area contributed by atoms with E-state index in [1.165, 1.54) is 5.56 Å². The van der Waals surface area contributed by atoms with Crippen LogP contribution in [0.1, 0.15) is 27.3 Å². The predicted molar refractivity (Wildman–Crippen MR) is 107 cm³/mol. The fraction of sp³-hybridized carbons (Fsp3) is 0.182. The van der Waals surface area contributed by atoms with Gasteiger partial charge >= 0.3 is 0 Å². The Bertz CT molecular complexity index is 906. The summed E-state index contributed by atoms with van der Waals surface area (Å²) in [7, 11) is 2.02. The third-order valence-corrected chi connectivity index (χ3v) is 4.30. The Balaban J connectivity index is 1.81. The Morgan fingerprint density at radius 2 is 1.65 bits per heavy atom. The largest absolute Gasteiger partial charge is 0.369 e. The van der Waals surface area contributed by atoms with Crippen molar-refractivity contribution in [3.05, 3.63) is 89.2 Å². The van der Waals surface area contributed by atoms with Gasteiger partial charge in [0.15, 0.2) is 0 Å². The molecule has 0 atom stereocenters. The maximum atomic E-state index is 12.7. The summed E-state index contributed by atoms with van der Waals surface area (Å²) in [6.45, 7) is 4.54. The molecule has 0 saturated heterocycles. The first-order valence-corrected chi connectivity index (χ1v) is 8.64. The zero-order chi connectivity index (χ0) is 18.5. The van der Waals surface area contributed by atoms with Crippen molar-refractivity contribution < 1.29 is 4.79 Å². The number of rotatable bonds is 5. The summed E-state index contributed by atoms with van der Waals surface area (Å²) in [4.78, 5) is 19.2. The molecule has 0 radical (unpaired) electrons. The van der Waals surface area contributed by atoms with Gasteiger partial charge in [-0.25, -0.2) is 0 Å². The van der Waals surface area contributed by atoms with Crippen LogP contribution in [-0.2, 0) is 6.54 Å². The van der Waals surface area contributed by atoms with Gasteiger partial charge in [-0.05, 0) is 43.7 Å². The molecular formula is C22H23N3O. The molecule has 4 nitrogen and oxygen atoms in total. The SMILES string of the molecule is Cc1ccc(C(=O)Nc2ccccc2N(C)Cc2ccccc2)c(C)n1. The molecule has 1 N–H and O–H groups in total. The monoisotopic (exact) mass is 345 g/mol.